The van der Waals surface area contributed by atoms with Crippen molar-refractivity contribution in [3.8, 4) is 0 Å². The topological polar surface area (TPSA) is 37.3 Å². The Balaban J connectivity index is 2.53. The molecule has 0 radical (unpaired) electrons. The lowest BCUT2D eigenvalue weighted by atomic mass is 9.77. The van der Waals surface area contributed by atoms with Crippen LogP contribution < -0.4 is 0 Å². The van der Waals surface area contributed by atoms with Crippen molar-refractivity contribution in [2.75, 3.05) is 0 Å². The van der Waals surface area contributed by atoms with E-state index >= 15 is 0 Å². The molecule has 2 heteroatoms. The highest BCUT2D eigenvalue weighted by molar-refractivity contribution is 5.78. The predicted octanol–water partition coefficient (Wildman–Crippen LogP) is 2.24. The normalized spacial score (nSPS) is 30.6. The minimum Gasteiger partial charge on any atom is -0.388 e. The molecule has 0 fully saturated rings. The van der Waals surface area contributed by atoms with Crippen LogP contribution in [-0.2, 0) is 4.79 Å². The molecule has 1 N–H and O–H groups in total. The van der Waals surface area contributed by atoms with Gasteiger partial charge in [0.25, 0.3) is 0 Å². The minimum absolute atomic E-state index is 0.264. The molecule has 0 aromatic rings. The van der Waals surface area contributed by atoms with Crippen LogP contribution in [-0.4, -0.2) is 17.0 Å². The summed E-state index contributed by atoms with van der Waals surface area (Å²) in [5.74, 6) is 0.265. The van der Waals surface area contributed by atoms with Gasteiger partial charge in [-0.05, 0) is 6.42 Å². The Hall–Kier alpha value is -0.890. The third-order valence-corrected chi connectivity index (χ3v) is 2.89. The minimum atomic E-state index is -0.461. The van der Waals surface area contributed by atoms with E-state index in [1.807, 2.05) is 32.1 Å². The molecule has 0 aromatic heterocycles. The van der Waals surface area contributed by atoms with Gasteiger partial charge in [0.2, 0.25) is 0 Å². The number of ketones is 1. The maximum absolute atomic E-state index is 11.2. The molecule has 14 heavy (non-hydrogen) atoms. The molecule has 2 unspecified atom stereocenters. The van der Waals surface area contributed by atoms with Crippen molar-refractivity contribution in [3.63, 3.8) is 0 Å². The molecule has 0 amide bonds. The number of hydrogen-bond acceptors (Lipinski definition) is 2. The number of aliphatic hydroxyl groups excluding tert-OH is 1. The van der Waals surface area contributed by atoms with Crippen LogP contribution in [0.25, 0.3) is 0 Å². The number of carbonyl (C=O) groups excluding carboxylic acids is 1. The average Bonchev–Trinajstić information content (AvgIpc) is 2.19. The Kier molecular flexibility index (Phi) is 3.64. The van der Waals surface area contributed by atoms with Crippen LogP contribution >= 0.6 is 0 Å². The van der Waals surface area contributed by atoms with Gasteiger partial charge in [-0.3, -0.25) is 4.79 Å². The summed E-state index contributed by atoms with van der Waals surface area (Å²) in [4.78, 5) is 11.2. The van der Waals surface area contributed by atoms with Crippen LogP contribution in [0.5, 0.6) is 0 Å². The molecule has 2 nitrogen and oxygen atoms in total. The predicted molar refractivity (Wildman–Crippen MR) is 56.9 cm³/mol. The van der Waals surface area contributed by atoms with Gasteiger partial charge in [0.1, 0.15) is 5.78 Å². The fraction of sp³-hybridized carbons (Fsp3) is 0.583. The van der Waals surface area contributed by atoms with E-state index in [1.54, 1.807) is 6.08 Å². The number of rotatable bonds is 4. The summed E-state index contributed by atoms with van der Waals surface area (Å²) in [6.45, 7) is 3.86. The van der Waals surface area contributed by atoms with E-state index < -0.39 is 6.10 Å². The van der Waals surface area contributed by atoms with E-state index in [9.17, 15) is 9.90 Å². The van der Waals surface area contributed by atoms with Crippen molar-refractivity contribution >= 4 is 5.78 Å². The van der Waals surface area contributed by atoms with Gasteiger partial charge in [0.05, 0.1) is 6.10 Å². The summed E-state index contributed by atoms with van der Waals surface area (Å²) >= 11 is 0. The number of allylic oxidation sites excluding steroid dienone is 2. The fourth-order valence-electron chi connectivity index (χ4n) is 1.58. The van der Waals surface area contributed by atoms with Crippen molar-refractivity contribution in [2.24, 2.45) is 5.41 Å². The smallest absolute Gasteiger partial charge is 0.132 e. The highest BCUT2D eigenvalue weighted by atomic mass is 16.3. The average molecular weight is 194 g/mol. The molecular formula is C12H18O2. The molecule has 0 heterocycles. The molecular weight excluding hydrogens is 176 g/mol. The molecule has 0 bridgehead atoms. The lowest BCUT2D eigenvalue weighted by Gasteiger charge is -2.31. The number of hydrogen-bond donors (Lipinski definition) is 1. The van der Waals surface area contributed by atoms with Crippen LogP contribution in [0.1, 0.15) is 33.1 Å². The maximum Gasteiger partial charge on any atom is 0.132 e. The maximum atomic E-state index is 11.2. The van der Waals surface area contributed by atoms with E-state index in [2.05, 4.69) is 0 Å². The summed E-state index contributed by atoms with van der Waals surface area (Å²) in [5, 5.41) is 9.76. The molecule has 0 spiro atoms. The standard InChI is InChI=1S/C12H18O2/c1-3-10(13)7-9-12(2)8-5-4-6-11(12)14/h4-6,8,11,14H,3,7,9H2,1-2H3. The van der Waals surface area contributed by atoms with Crippen LogP contribution in [0.2, 0.25) is 0 Å². The quantitative estimate of drug-likeness (QED) is 0.745. The SMILES string of the molecule is CCC(=O)CCC1(C)C=CC=CC1O. The van der Waals surface area contributed by atoms with Gasteiger partial charge in [0, 0.05) is 18.3 Å². The first kappa shape index (κ1) is 11.2. The van der Waals surface area contributed by atoms with Crippen molar-refractivity contribution in [3.05, 3.63) is 24.3 Å². The Morgan fingerprint density at radius 2 is 2.21 bits per heavy atom. The molecule has 1 rings (SSSR count). The molecule has 1 aliphatic rings. The summed E-state index contributed by atoms with van der Waals surface area (Å²) < 4.78 is 0. The Labute approximate surface area is 85.3 Å². The lowest BCUT2D eigenvalue weighted by molar-refractivity contribution is -0.119. The summed E-state index contributed by atoms with van der Waals surface area (Å²) in [5.41, 5.74) is -0.264. The molecule has 0 saturated heterocycles. The monoisotopic (exact) mass is 194 g/mol. The van der Waals surface area contributed by atoms with Gasteiger partial charge < -0.3 is 5.11 Å². The van der Waals surface area contributed by atoms with Gasteiger partial charge in [-0.2, -0.15) is 0 Å². The fourth-order valence-corrected chi connectivity index (χ4v) is 1.58. The van der Waals surface area contributed by atoms with Gasteiger partial charge in [0.15, 0.2) is 0 Å². The summed E-state index contributed by atoms with van der Waals surface area (Å²) in [6.07, 6.45) is 8.95. The molecule has 0 aliphatic heterocycles. The Morgan fingerprint density at radius 3 is 2.79 bits per heavy atom. The zero-order chi connectivity index (χ0) is 10.6. The first-order valence-corrected chi connectivity index (χ1v) is 5.14. The van der Waals surface area contributed by atoms with Gasteiger partial charge in [-0.15, -0.1) is 0 Å². The summed E-state index contributed by atoms with van der Waals surface area (Å²) in [7, 11) is 0. The van der Waals surface area contributed by atoms with Gasteiger partial charge >= 0.3 is 0 Å². The third kappa shape index (κ3) is 2.55. The molecule has 2 atom stereocenters. The van der Waals surface area contributed by atoms with Gasteiger partial charge in [-0.25, -0.2) is 0 Å². The largest absolute Gasteiger partial charge is 0.388 e. The highest BCUT2D eigenvalue weighted by Crippen LogP contribution is 2.32. The van der Waals surface area contributed by atoms with Crippen molar-refractivity contribution in [1.29, 1.82) is 0 Å². The zero-order valence-electron chi connectivity index (χ0n) is 8.86. The van der Waals surface area contributed by atoms with E-state index in [0.717, 1.165) is 6.42 Å². The Morgan fingerprint density at radius 1 is 1.50 bits per heavy atom. The second-order valence-electron chi connectivity index (χ2n) is 4.09. The van der Waals surface area contributed by atoms with Crippen molar-refractivity contribution in [1.82, 2.24) is 0 Å². The van der Waals surface area contributed by atoms with Crippen molar-refractivity contribution in [2.45, 2.75) is 39.2 Å². The first-order chi connectivity index (χ1) is 6.58. The Bertz CT molecular complexity index is 265. The van der Waals surface area contributed by atoms with E-state index in [0.29, 0.717) is 12.8 Å². The highest BCUT2D eigenvalue weighted by Gasteiger charge is 2.29. The van der Waals surface area contributed by atoms with Crippen LogP contribution in [0.15, 0.2) is 24.3 Å². The van der Waals surface area contributed by atoms with Crippen molar-refractivity contribution < 1.29 is 9.90 Å². The lowest BCUT2D eigenvalue weighted by Crippen LogP contribution is -2.30. The number of Topliss-reactive ketones (excluding diaryl/α,β-unsaturated/α-hetero) is 1. The molecule has 78 valence electrons. The van der Waals surface area contributed by atoms with Crippen LogP contribution in [0, 0.1) is 5.41 Å². The zero-order valence-corrected chi connectivity index (χ0v) is 8.86. The van der Waals surface area contributed by atoms with E-state index in [4.69, 9.17) is 0 Å². The first-order valence-electron chi connectivity index (χ1n) is 5.14. The van der Waals surface area contributed by atoms with Gasteiger partial charge in [-0.1, -0.05) is 38.2 Å². The second-order valence-corrected chi connectivity index (χ2v) is 4.09. The van der Waals surface area contributed by atoms with E-state index in [-0.39, 0.29) is 11.2 Å². The van der Waals surface area contributed by atoms with Crippen LogP contribution in [0.4, 0.5) is 0 Å². The van der Waals surface area contributed by atoms with E-state index in [1.165, 1.54) is 0 Å². The summed E-state index contributed by atoms with van der Waals surface area (Å²) in [6, 6.07) is 0. The molecule has 1 aliphatic carbocycles. The number of carbonyl (C=O) groups is 1. The molecule has 0 aromatic carbocycles. The van der Waals surface area contributed by atoms with Crippen LogP contribution in [0.3, 0.4) is 0 Å². The molecule has 0 saturated carbocycles. The third-order valence-electron chi connectivity index (χ3n) is 2.89. The number of aliphatic hydroxyl groups is 1. The second kappa shape index (κ2) is 4.56.